The molecular formula is C19H19N3O4S. The maximum atomic E-state index is 12.4. The third kappa shape index (κ3) is 5.41. The molecule has 2 aromatic rings. The molecule has 8 heteroatoms. The van der Waals surface area contributed by atoms with Crippen molar-refractivity contribution in [1.29, 1.82) is 5.26 Å². The summed E-state index contributed by atoms with van der Waals surface area (Å²) < 4.78 is 31.0. The van der Waals surface area contributed by atoms with Gasteiger partial charge in [-0.05, 0) is 41.8 Å². The highest BCUT2D eigenvalue weighted by Gasteiger charge is 2.13. The van der Waals surface area contributed by atoms with Crippen LogP contribution in [0.3, 0.4) is 0 Å². The van der Waals surface area contributed by atoms with Crippen LogP contribution in [0.25, 0.3) is 0 Å². The zero-order valence-corrected chi connectivity index (χ0v) is 15.6. The highest BCUT2D eigenvalue weighted by atomic mass is 32.2. The molecule has 2 rings (SSSR count). The van der Waals surface area contributed by atoms with Crippen LogP contribution in [0.15, 0.2) is 65.2 Å². The molecule has 0 aliphatic carbocycles. The summed E-state index contributed by atoms with van der Waals surface area (Å²) in [6.45, 7) is 4.01. The van der Waals surface area contributed by atoms with Gasteiger partial charge in [-0.15, -0.1) is 0 Å². The number of nitrogens with zero attached hydrogens (tertiary/aromatic N) is 1. The molecule has 3 N–H and O–H groups in total. The molecule has 0 radical (unpaired) electrons. The van der Waals surface area contributed by atoms with E-state index in [1.54, 1.807) is 12.1 Å². The number of anilines is 2. The molecule has 0 atom stereocenters. The Morgan fingerprint density at radius 3 is 2.33 bits per heavy atom. The van der Waals surface area contributed by atoms with Crippen molar-refractivity contribution in [2.45, 2.75) is 24.7 Å². The van der Waals surface area contributed by atoms with Crippen molar-refractivity contribution in [2.24, 2.45) is 0 Å². The number of rotatable bonds is 6. The van der Waals surface area contributed by atoms with Crippen LogP contribution in [-0.4, -0.2) is 18.9 Å². The van der Waals surface area contributed by atoms with E-state index < -0.39 is 16.0 Å². The van der Waals surface area contributed by atoms with Crippen molar-refractivity contribution in [3.05, 3.63) is 65.9 Å². The number of nitriles is 1. The lowest BCUT2D eigenvalue weighted by molar-refractivity contribution is -0.112. The Bertz CT molecular complexity index is 1000. The van der Waals surface area contributed by atoms with Gasteiger partial charge in [-0.3, -0.25) is 9.35 Å². The second-order valence-electron chi connectivity index (χ2n) is 6.01. The minimum absolute atomic E-state index is 0.146. The van der Waals surface area contributed by atoms with Crippen LogP contribution in [0.5, 0.6) is 0 Å². The summed E-state index contributed by atoms with van der Waals surface area (Å²) in [6, 6.07) is 14.4. The number of hydrogen-bond donors (Lipinski definition) is 3. The Labute approximate surface area is 158 Å². The first-order valence-corrected chi connectivity index (χ1v) is 9.51. The molecule has 27 heavy (non-hydrogen) atoms. The number of amides is 1. The van der Waals surface area contributed by atoms with Crippen LogP contribution in [0.1, 0.15) is 25.3 Å². The van der Waals surface area contributed by atoms with Crippen LogP contribution >= 0.6 is 0 Å². The van der Waals surface area contributed by atoms with Crippen LogP contribution in [0, 0.1) is 11.3 Å². The molecular weight excluding hydrogens is 366 g/mol. The molecule has 0 fully saturated rings. The minimum Gasteiger partial charge on any atom is -0.360 e. The molecule has 0 saturated carbocycles. The maximum Gasteiger partial charge on any atom is 0.294 e. The fraction of sp³-hybridized carbons (Fsp3) is 0.158. The number of hydrogen-bond acceptors (Lipinski definition) is 5. The van der Waals surface area contributed by atoms with E-state index in [1.807, 2.05) is 32.0 Å². The molecule has 0 heterocycles. The van der Waals surface area contributed by atoms with Crippen LogP contribution in [0.4, 0.5) is 11.4 Å². The van der Waals surface area contributed by atoms with E-state index >= 15 is 0 Å². The van der Waals surface area contributed by atoms with Gasteiger partial charge in [-0.25, -0.2) is 0 Å². The third-order valence-electron chi connectivity index (χ3n) is 3.73. The second-order valence-corrected chi connectivity index (χ2v) is 7.43. The van der Waals surface area contributed by atoms with E-state index in [2.05, 4.69) is 10.6 Å². The first-order valence-electron chi connectivity index (χ1n) is 8.07. The van der Waals surface area contributed by atoms with Crippen molar-refractivity contribution in [3.8, 4) is 6.07 Å². The average molecular weight is 385 g/mol. The molecule has 2 aromatic carbocycles. The maximum absolute atomic E-state index is 12.4. The van der Waals surface area contributed by atoms with Crippen LogP contribution < -0.4 is 10.6 Å². The lowest BCUT2D eigenvalue weighted by Gasteiger charge is -2.13. The van der Waals surface area contributed by atoms with Crippen molar-refractivity contribution in [1.82, 2.24) is 0 Å². The van der Waals surface area contributed by atoms with Gasteiger partial charge in [0.25, 0.3) is 16.0 Å². The van der Waals surface area contributed by atoms with Gasteiger partial charge in [0, 0.05) is 17.6 Å². The van der Waals surface area contributed by atoms with E-state index in [0.29, 0.717) is 11.4 Å². The fourth-order valence-corrected chi connectivity index (χ4v) is 2.81. The Hall–Kier alpha value is -3.15. The quantitative estimate of drug-likeness (QED) is 0.398. The molecule has 0 aliphatic heterocycles. The highest BCUT2D eigenvalue weighted by Crippen LogP contribution is 2.24. The number of benzene rings is 2. The van der Waals surface area contributed by atoms with Gasteiger partial charge in [0.2, 0.25) is 0 Å². The Morgan fingerprint density at radius 2 is 1.78 bits per heavy atom. The minimum atomic E-state index is -4.27. The normalized spacial score (nSPS) is 11.7. The second kappa shape index (κ2) is 8.49. The number of para-hydroxylation sites is 1. The van der Waals surface area contributed by atoms with Crippen LogP contribution in [0.2, 0.25) is 0 Å². The summed E-state index contributed by atoms with van der Waals surface area (Å²) in [4.78, 5) is 12.1. The molecule has 0 aliphatic rings. The summed E-state index contributed by atoms with van der Waals surface area (Å²) in [7, 11) is -4.27. The SMILES string of the molecule is CC(C)c1ccccc1NC(=O)/C(C#N)=C\Nc1ccc(S(=O)(=O)O)cc1. The Kier molecular flexibility index (Phi) is 6.34. The average Bonchev–Trinajstić information content (AvgIpc) is 2.62. The highest BCUT2D eigenvalue weighted by molar-refractivity contribution is 7.85. The first kappa shape index (κ1) is 20.2. The van der Waals surface area contributed by atoms with Crippen LogP contribution in [-0.2, 0) is 14.9 Å². The van der Waals surface area contributed by atoms with Crippen molar-refractivity contribution in [2.75, 3.05) is 10.6 Å². The molecule has 0 unspecified atom stereocenters. The topological polar surface area (TPSA) is 119 Å². The molecule has 0 saturated heterocycles. The van der Waals surface area contributed by atoms with Gasteiger partial charge < -0.3 is 10.6 Å². The zero-order valence-electron chi connectivity index (χ0n) is 14.8. The van der Waals surface area contributed by atoms with E-state index in [0.717, 1.165) is 5.56 Å². The number of nitrogens with one attached hydrogen (secondary N) is 2. The number of carbonyl (C=O) groups excluding carboxylic acids is 1. The molecule has 7 nitrogen and oxygen atoms in total. The Balaban J connectivity index is 2.14. The van der Waals surface area contributed by atoms with Gasteiger partial charge in [0.05, 0.1) is 4.90 Å². The van der Waals surface area contributed by atoms with Gasteiger partial charge >= 0.3 is 0 Å². The summed E-state index contributed by atoms with van der Waals surface area (Å²) in [5.41, 5.74) is 1.89. The molecule has 0 bridgehead atoms. The van der Waals surface area contributed by atoms with Gasteiger partial charge in [-0.2, -0.15) is 13.7 Å². The fourth-order valence-electron chi connectivity index (χ4n) is 2.33. The molecule has 0 spiro atoms. The predicted molar refractivity (Wildman–Crippen MR) is 103 cm³/mol. The van der Waals surface area contributed by atoms with Crippen molar-refractivity contribution < 1.29 is 17.8 Å². The monoisotopic (exact) mass is 385 g/mol. The Morgan fingerprint density at radius 1 is 1.15 bits per heavy atom. The summed E-state index contributed by atoms with van der Waals surface area (Å²) >= 11 is 0. The molecule has 0 aromatic heterocycles. The molecule has 1 amide bonds. The predicted octanol–water partition coefficient (Wildman–Crippen LogP) is 3.51. The van der Waals surface area contributed by atoms with E-state index in [1.165, 1.54) is 30.5 Å². The lowest BCUT2D eigenvalue weighted by Crippen LogP contribution is -2.16. The van der Waals surface area contributed by atoms with E-state index in [9.17, 15) is 18.5 Å². The smallest absolute Gasteiger partial charge is 0.294 e. The van der Waals surface area contributed by atoms with E-state index in [-0.39, 0.29) is 16.4 Å². The largest absolute Gasteiger partial charge is 0.360 e. The van der Waals surface area contributed by atoms with E-state index in [4.69, 9.17) is 4.55 Å². The lowest BCUT2D eigenvalue weighted by atomic mass is 10.0. The molecule has 140 valence electrons. The van der Waals surface area contributed by atoms with Crippen molar-refractivity contribution in [3.63, 3.8) is 0 Å². The zero-order chi connectivity index (χ0) is 20.0. The van der Waals surface area contributed by atoms with Crippen molar-refractivity contribution >= 4 is 27.4 Å². The third-order valence-corrected chi connectivity index (χ3v) is 4.60. The number of carbonyl (C=O) groups is 1. The summed E-state index contributed by atoms with van der Waals surface area (Å²) in [5.74, 6) is -0.358. The van der Waals surface area contributed by atoms with Gasteiger partial charge in [-0.1, -0.05) is 32.0 Å². The first-order chi connectivity index (χ1) is 12.7. The summed E-state index contributed by atoms with van der Waals surface area (Å²) in [5, 5.41) is 14.7. The van der Waals surface area contributed by atoms with Gasteiger partial charge in [0.15, 0.2) is 0 Å². The van der Waals surface area contributed by atoms with Gasteiger partial charge in [0.1, 0.15) is 11.6 Å². The summed E-state index contributed by atoms with van der Waals surface area (Å²) in [6.07, 6.45) is 1.23. The standard InChI is InChI=1S/C19H19N3O4S/c1-13(2)17-5-3-4-6-18(17)22-19(23)14(11-20)12-21-15-7-9-16(10-8-15)27(24,25)26/h3-10,12-13,21H,1-2H3,(H,22,23)(H,24,25,26)/b14-12-.